The quantitative estimate of drug-likeness (QED) is 0.598. The van der Waals surface area contributed by atoms with Gasteiger partial charge in [0.25, 0.3) is 0 Å². The van der Waals surface area contributed by atoms with Crippen LogP contribution < -0.4 is 4.74 Å². The summed E-state index contributed by atoms with van der Waals surface area (Å²) < 4.78 is 5.14. The highest BCUT2D eigenvalue weighted by atomic mass is 79.9. The van der Waals surface area contributed by atoms with Crippen molar-refractivity contribution in [2.45, 2.75) is 17.7 Å². The summed E-state index contributed by atoms with van der Waals surface area (Å²) in [5.74, 6) is 0.573. The van der Waals surface area contributed by atoms with Crippen LogP contribution in [0.15, 0.2) is 48.5 Å². The van der Waals surface area contributed by atoms with Crippen LogP contribution in [-0.4, -0.2) is 13.4 Å². The van der Waals surface area contributed by atoms with Crippen LogP contribution in [0.4, 0.5) is 0 Å². The summed E-state index contributed by atoms with van der Waals surface area (Å²) in [6, 6.07) is 15.8. The van der Waals surface area contributed by atoms with Crippen LogP contribution in [0.2, 0.25) is 0 Å². The number of aldehydes is 1. The van der Waals surface area contributed by atoms with E-state index in [1.54, 1.807) is 7.11 Å². The Hall–Kier alpha value is -1.61. The van der Waals surface area contributed by atoms with Crippen LogP contribution in [0, 0.1) is 6.92 Å². The van der Waals surface area contributed by atoms with E-state index < -0.39 is 0 Å². The summed E-state index contributed by atoms with van der Waals surface area (Å²) >= 11 is 3.65. The smallest absolute Gasteiger partial charge is 0.128 e. The van der Waals surface area contributed by atoms with Crippen molar-refractivity contribution in [3.63, 3.8) is 0 Å². The van der Waals surface area contributed by atoms with E-state index in [1.165, 1.54) is 5.56 Å². The van der Waals surface area contributed by atoms with Crippen LogP contribution in [0.25, 0.3) is 0 Å². The van der Waals surface area contributed by atoms with Crippen LogP contribution in [-0.2, 0) is 4.79 Å². The third-order valence-corrected chi connectivity index (χ3v) is 4.46. The maximum absolute atomic E-state index is 11.5. The number of alkyl halides is 1. The molecule has 0 radical (unpaired) electrons. The molecule has 0 aliphatic carbocycles. The first kappa shape index (κ1) is 14.8. The standard InChI is InChI=1S/C17H17BrO2/c1-12-3-5-14(6-4-12)17(18)16(11-19)13-7-9-15(20-2)10-8-13/h3-11,16-17H,1-2H3. The summed E-state index contributed by atoms with van der Waals surface area (Å²) in [6.07, 6.45) is 0.987. The Morgan fingerprint density at radius 3 is 2.05 bits per heavy atom. The van der Waals surface area contributed by atoms with Gasteiger partial charge in [-0.05, 0) is 30.2 Å². The zero-order chi connectivity index (χ0) is 14.5. The lowest BCUT2D eigenvalue weighted by atomic mass is 9.93. The number of carbonyl (C=O) groups is 1. The van der Waals surface area contributed by atoms with Gasteiger partial charge < -0.3 is 9.53 Å². The molecule has 2 rings (SSSR count). The van der Waals surface area contributed by atoms with Gasteiger partial charge in [-0.2, -0.15) is 0 Å². The minimum Gasteiger partial charge on any atom is -0.497 e. The van der Waals surface area contributed by atoms with Crippen molar-refractivity contribution in [3.05, 3.63) is 65.2 Å². The molecule has 104 valence electrons. The van der Waals surface area contributed by atoms with E-state index in [0.29, 0.717) is 0 Å². The van der Waals surface area contributed by atoms with E-state index in [1.807, 2.05) is 31.2 Å². The third-order valence-electron chi connectivity index (χ3n) is 3.36. The van der Waals surface area contributed by atoms with Gasteiger partial charge in [0.05, 0.1) is 17.9 Å². The Kier molecular flexibility index (Phi) is 4.96. The Morgan fingerprint density at radius 2 is 1.55 bits per heavy atom. The first-order chi connectivity index (χ1) is 9.65. The molecule has 0 aliphatic heterocycles. The van der Waals surface area contributed by atoms with Crippen molar-refractivity contribution < 1.29 is 9.53 Å². The van der Waals surface area contributed by atoms with Gasteiger partial charge in [-0.1, -0.05) is 57.9 Å². The van der Waals surface area contributed by atoms with E-state index in [0.717, 1.165) is 23.2 Å². The molecule has 0 fully saturated rings. The van der Waals surface area contributed by atoms with E-state index in [4.69, 9.17) is 4.74 Å². The average Bonchev–Trinajstić information content (AvgIpc) is 2.49. The molecule has 2 unspecified atom stereocenters. The fourth-order valence-corrected chi connectivity index (χ4v) is 2.84. The minimum atomic E-state index is -0.219. The highest BCUT2D eigenvalue weighted by molar-refractivity contribution is 9.09. The van der Waals surface area contributed by atoms with E-state index >= 15 is 0 Å². The average molecular weight is 333 g/mol. The summed E-state index contributed by atoms with van der Waals surface area (Å²) in [7, 11) is 1.63. The van der Waals surface area contributed by atoms with Crippen LogP contribution in [0.3, 0.4) is 0 Å². The first-order valence-electron chi connectivity index (χ1n) is 6.45. The molecule has 2 atom stereocenters. The molecular weight excluding hydrogens is 316 g/mol. The van der Waals surface area contributed by atoms with Crippen LogP contribution >= 0.6 is 15.9 Å². The molecule has 2 nitrogen and oxygen atoms in total. The number of carbonyl (C=O) groups excluding carboxylic acids is 1. The highest BCUT2D eigenvalue weighted by Gasteiger charge is 2.21. The molecule has 0 N–H and O–H groups in total. The van der Waals surface area contributed by atoms with Gasteiger partial charge >= 0.3 is 0 Å². The molecule has 0 amide bonds. The fraction of sp³-hybridized carbons (Fsp3) is 0.235. The van der Waals surface area contributed by atoms with Crippen molar-refractivity contribution in [1.29, 1.82) is 0 Å². The first-order valence-corrected chi connectivity index (χ1v) is 7.37. The lowest BCUT2D eigenvalue weighted by Crippen LogP contribution is -2.07. The van der Waals surface area contributed by atoms with Gasteiger partial charge in [0.2, 0.25) is 0 Å². The van der Waals surface area contributed by atoms with Gasteiger partial charge in [-0.25, -0.2) is 0 Å². The number of halogens is 1. The molecule has 0 aromatic heterocycles. The van der Waals surface area contributed by atoms with E-state index in [2.05, 4.69) is 40.2 Å². The molecule has 0 spiro atoms. The normalized spacial score (nSPS) is 13.6. The SMILES string of the molecule is COc1ccc(C(C=O)C(Br)c2ccc(C)cc2)cc1. The lowest BCUT2D eigenvalue weighted by Gasteiger charge is -2.18. The predicted molar refractivity (Wildman–Crippen MR) is 84.6 cm³/mol. The summed E-state index contributed by atoms with van der Waals surface area (Å²) in [5.41, 5.74) is 3.28. The number of hydrogen-bond donors (Lipinski definition) is 0. The Bertz CT molecular complexity index is 561. The zero-order valence-electron chi connectivity index (χ0n) is 11.5. The maximum Gasteiger partial charge on any atom is 0.128 e. The monoisotopic (exact) mass is 332 g/mol. The Labute approximate surface area is 127 Å². The van der Waals surface area contributed by atoms with E-state index in [9.17, 15) is 4.79 Å². The highest BCUT2D eigenvalue weighted by Crippen LogP contribution is 2.37. The van der Waals surface area contributed by atoms with Crippen molar-refractivity contribution in [2.24, 2.45) is 0 Å². The van der Waals surface area contributed by atoms with Crippen molar-refractivity contribution in [2.75, 3.05) is 7.11 Å². The second-order valence-corrected chi connectivity index (χ2v) is 5.73. The number of rotatable bonds is 5. The van der Waals surface area contributed by atoms with Gasteiger partial charge in [-0.15, -0.1) is 0 Å². The number of benzene rings is 2. The van der Waals surface area contributed by atoms with Crippen molar-refractivity contribution >= 4 is 22.2 Å². The molecule has 0 bridgehead atoms. The molecular formula is C17H17BrO2. The van der Waals surface area contributed by atoms with Gasteiger partial charge in [0.1, 0.15) is 12.0 Å². The number of aryl methyl sites for hydroxylation is 1. The second-order valence-electron chi connectivity index (χ2n) is 4.75. The summed E-state index contributed by atoms with van der Waals surface area (Å²) in [4.78, 5) is 11.4. The molecule has 0 saturated heterocycles. The van der Waals surface area contributed by atoms with Crippen molar-refractivity contribution in [1.82, 2.24) is 0 Å². The molecule has 2 aromatic carbocycles. The zero-order valence-corrected chi connectivity index (χ0v) is 13.1. The Balaban J connectivity index is 2.26. The second kappa shape index (κ2) is 6.71. The molecule has 3 heteroatoms. The molecule has 0 saturated carbocycles. The molecule has 0 heterocycles. The molecule has 20 heavy (non-hydrogen) atoms. The number of hydrogen-bond acceptors (Lipinski definition) is 2. The van der Waals surface area contributed by atoms with Crippen LogP contribution in [0.5, 0.6) is 5.75 Å². The van der Waals surface area contributed by atoms with Gasteiger partial charge in [-0.3, -0.25) is 0 Å². The fourth-order valence-electron chi connectivity index (χ4n) is 2.10. The van der Waals surface area contributed by atoms with E-state index in [-0.39, 0.29) is 10.7 Å². The van der Waals surface area contributed by atoms with Gasteiger partial charge in [0, 0.05) is 0 Å². The number of methoxy groups -OCH3 is 1. The predicted octanol–water partition coefficient (Wildman–Crippen LogP) is 4.42. The van der Waals surface area contributed by atoms with Crippen molar-refractivity contribution in [3.8, 4) is 5.75 Å². The van der Waals surface area contributed by atoms with Gasteiger partial charge in [0.15, 0.2) is 0 Å². The number of ether oxygens (including phenoxy) is 1. The molecule has 2 aromatic rings. The lowest BCUT2D eigenvalue weighted by molar-refractivity contribution is -0.109. The minimum absolute atomic E-state index is 0.0333. The third kappa shape index (κ3) is 3.28. The summed E-state index contributed by atoms with van der Waals surface area (Å²) in [5, 5.41) is 0. The topological polar surface area (TPSA) is 26.3 Å². The summed E-state index contributed by atoms with van der Waals surface area (Å²) in [6.45, 7) is 2.05. The maximum atomic E-state index is 11.5. The Morgan fingerprint density at radius 1 is 1.00 bits per heavy atom. The van der Waals surface area contributed by atoms with Crippen LogP contribution in [0.1, 0.15) is 27.4 Å². The molecule has 0 aliphatic rings. The largest absolute Gasteiger partial charge is 0.497 e.